The lowest BCUT2D eigenvalue weighted by molar-refractivity contribution is 0.271. The summed E-state index contributed by atoms with van der Waals surface area (Å²) in [7, 11) is 0. The zero-order valence-corrected chi connectivity index (χ0v) is 7.01. The van der Waals surface area contributed by atoms with E-state index >= 15 is 0 Å². The van der Waals surface area contributed by atoms with Crippen LogP contribution in [0.5, 0.6) is 5.75 Å². The molecule has 2 rings (SSSR count). The standard InChI is InChI=1S/C9H10N2O2/c12-4-3-11-9-5-8(13)2-1-7(9)6-10-11/h1-2,5-6,12-13H,3-4H2. The minimum atomic E-state index is 0.0481. The number of nitrogens with zero attached hydrogens (tertiary/aromatic N) is 2. The van der Waals surface area contributed by atoms with E-state index in [-0.39, 0.29) is 12.4 Å². The van der Waals surface area contributed by atoms with Crippen LogP contribution in [0.4, 0.5) is 0 Å². The molecule has 0 aliphatic carbocycles. The van der Waals surface area contributed by atoms with E-state index in [1.807, 2.05) is 0 Å². The number of hydrogen-bond donors (Lipinski definition) is 2. The number of phenols is 1. The molecular formula is C9H10N2O2. The van der Waals surface area contributed by atoms with Gasteiger partial charge in [-0.2, -0.15) is 5.10 Å². The van der Waals surface area contributed by atoms with Crippen LogP contribution in [0.15, 0.2) is 24.4 Å². The topological polar surface area (TPSA) is 58.3 Å². The molecule has 0 fully saturated rings. The molecule has 68 valence electrons. The van der Waals surface area contributed by atoms with Gasteiger partial charge < -0.3 is 10.2 Å². The fraction of sp³-hybridized carbons (Fsp3) is 0.222. The molecule has 13 heavy (non-hydrogen) atoms. The van der Waals surface area contributed by atoms with Crippen LogP contribution >= 0.6 is 0 Å². The molecule has 2 aromatic rings. The molecule has 1 aromatic heterocycles. The molecule has 0 atom stereocenters. The van der Waals surface area contributed by atoms with Gasteiger partial charge in [-0.1, -0.05) is 0 Å². The minimum absolute atomic E-state index is 0.0481. The summed E-state index contributed by atoms with van der Waals surface area (Å²) in [4.78, 5) is 0. The summed E-state index contributed by atoms with van der Waals surface area (Å²) in [6, 6.07) is 5.05. The van der Waals surface area contributed by atoms with Crippen molar-refractivity contribution in [3.05, 3.63) is 24.4 Å². The van der Waals surface area contributed by atoms with Crippen LogP contribution in [-0.2, 0) is 6.54 Å². The first-order valence-electron chi connectivity index (χ1n) is 4.06. The summed E-state index contributed by atoms with van der Waals surface area (Å²) < 4.78 is 1.66. The maximum absolute atomic E-state index is 9.24. The van der Waals surface area contributed by atoms with Gasteiger partial charge in [-0.25, -0.2) is 0 Å². The molecule has 4 nitrogen and oxygen atoms in total. The Bertz CT molecular complexity index is 422. The molecule has 0 unspecified atom stereocenters. The Morgan fingerprint density at radius 1 is 1.38 bits per heavy atom. The van der Waals surface area contributed by atoms with Crippen molar-refractivity contribution < 1.29 is 10.2 Å². The number of rotatable bonds is 2. The summed E-state index contributed by atoms with van der Waals surface area (Å²) in [5.74, 6) is 0.215. The highest BCUT2D eigenvalue weighted by Crippen LogP contribution is 2.18. The Hall–Kier alpha value is -1.55. The average Bonchev–Trinajstić information content (AvgIpc) is 2.49. The third-order valence-corrected chi connectivity index (χ3v) is 1.94. The first-order chi connectivity index (χ1) is 6.31. The molecule has 0 saturated heterocycles. The number of aliphatic hydroxyl groups is 1. The zero-order chi connectivity index (χ0) is 9.26. The number of phenolic OH excluding ortho intramolecular Hbond substituents is 1. The number of aromatic hydroxyl groups is 1. The highest BCUT2D eigenvalue weighted by molar-refractivity contribution is 5.79. The summed E-state index contributed by atoms with van der Waals surface area (Å²) in [5.41, 5.74) is 0.842. The largest absolute Gasteiger partial charge is 0.508 e. The van der Waals surface area contributed by atoms with Crippen LogP contribution in [0.2, 0.25) is 0 Å². The Morgan fingerprint density at radius 2 is 2.23 bits per heavy atom. The van der Waals surface area contributed by atoms with Gasteiger partial charge in [0.1, 0.15) is 5.75 Å². The number of hydrogen-bond acceptors (Lipinski definition) is 3. The SMILES string of the molecule is OCCn1ncc2ccc(O)cc21. The van der Waals surface area contributed by atoms with Crippen molar-refractivity contribution in [2.75, 3.05) is 6.61 Å². The highest BCUT2D eigenvalue weighted by Gasteiger charge is 2.01. The lowest BCUT2D eigenvalue weighted by Crippen LogP contribution is -2.02. The summed E-state index contributed by atoms with van der Waals surface area (Å²) in [6.07, 6.45) is 1.71. The summed E-state index contributed by atoms with van der Waals surface area (Å²) >= 11 is 0. The molecule has 0 bridgehead atoms. The zero-order valence-electron chi connectivity index (χ0n) is 7.01. The molecule has 1 aromatic carbocycles. The van der Waals surface area contributed by atoms with E-state index in [0.717, 1.165) is 10.9 Å². The fourth-order valence-electron chi connectivity index (χ4n) is 1.33. The van der Waals surface area contributed by atoms with Crippen molar-refractivity contribution in [3.63, 3.8) is 0 Å². The normalized spacial score (nSPS) is 10.8. The van der Waals surface area contributed by atoms with Gasteiger partial charge in [-0.05, 0) is 12.1 Å². The maximum atomic E-state index is 9.24. The van der Waals surface area contributed by atoms with Crippen molar-refractivity contribution in [2.24, 2.45) is 0 Å². The van der Waals surface area contributed by atoms with Gasteiger partial charge in [0.2, 0.25) is 0 Å². The van der Waals surface area contributed by atoms with Crippen molar-refractivity contribution in [2.45, 2.75) is 6.54 Å². The second-order valence-electron chi connectivity index (χ2n) is 2.83. The van der Waals surface area contributed by atoms with Crippen LogP contribution in [0.3, 0.4) is 0 Å². The van der Waals surface area contributed by atoms with Crippen LogP contribution in [0, 0.1) is 0 Å². The van der Waals surface area contributed by atoms with Gasteiger partial charge in [0.15, 0.2) is 0 Å². The van der Waals surface area contributed by atoms with E-state index < -0.39 is 0 Å². The van der Waals surface area contributed by atoms with E-state index in [9.17, 15) is 5.11 Å². The monoisotopic (exact) mass is 178 g/mol. The number of benzene rings is 1. The molecule has 0 radical (unpaired) electrons. The van der Waals surface area contributed by atoms with Crippen molar-refractivity contribution in [3.8, 4) is 5.75 Å². The van der Waals surface area contributed by atoms with Gasteiger partial charge in [0.05, 0.1) is 24.9 Å². The second-order valence-corrected chi connectivity index (χ2v) is 2.83. The molecule has 0 amide bonds. The molecule has 4 heteroatoms. The van der Waals surface area contributed by atoms with Crippen LogP contribution in [-0.4, -0.2) is 26.6 Å². The lowest BCUT2D eigenvalue weighted by atomic mass is 10.2. The van der Waals surface area contributed by atoms with Crippen molar-refractivity contribution in [1.29, 1.82) is 0 Å². The molecular weight excluding hydrogens is 168 g/mol. The van der Waals surface area contributed by atoms with Gasteiger partial charge >= 0.3 is 0 Å². The van der Waals surface area contributed by atoms with E-state index in [1.54, 1.807) is 29.1 Å². The van der Waals surface area contributed by atoms with E-state index in [1.165, 1.54) is 0 Å². The first-order valence-corrected chi connectivity index (χ1v) is 4.06. The predicted octanol–water partition coefficient (Wildman–Crippen LogP) is 0.734. The molecule has 2 N–H and O–H groups in total. The van der Waals surface area contributed by atoms with Crippen LogP contribution in [0.25, 0.3) is 10.9 Å². The van der Waals surface area contributed by atoms with Crippen molar-refractivity contribution in [1.82, 2.24) is 9.78 Å². The fourth-order valence-corrected chi connectivity index (χ4v) is 1.33. The molecule has 0 aliphatic heterocycles. The lowest BCUT2D eigenvalue weighted by Gasteiger charge is -1.99. The third-order valence-electron chi connectivity index (χ3n) is 1.94. The van der Waals surface area contributed by atoms with E-state index in [4.69, 9.17) is 5.11 Å². The van der Waals surface area contributed by atoms with Crippen LogP contribution < -0.4 is 0 Å². The Labute approximate surface area is 75.0 Å². The van der Waals surface area contributed by atoms with Gasteiger partial charge in [0.25, 0.3) is 0 Å². The quantitative estimate of drug-likeness (QED) is 0.712. The van der Waals surface area contributed by atoms with Gasteiger partial charge in [-0.15, -0.1) is 0 Å². The predicted molar refractivity (Wildman–Crippen MR) is 48.5 cm³/mol. The van der Waals surface area contributed by atoms with E-state index in [2.05, 4.69) is 5.10 Å². The Balaban J connectivity index is 2.58. The summed E-state index contributed by atoms with van der Waals surface area (Å²) in [5, 5.41) is 23.0. The summed E-state index contributed by atoms with van der Waals surface area (Å²) in [6.45, 7) is 0.499. The third kappa shape index (κ3) is 1.36. The van der Waals surface area contributed by atoms with Gasteiger partial charge in [-0.3, -0.25) is 4.68 Å². The molecule has 1 heterocycles. The molecule has 0 saturated carbocycles. The van der Waals surface area contributed by atoms with Crippen molar-refractivity contribution >= 4 is 10.9 Å². The first kappa shape index (κ1) is 8.07. The molecule has 0 spiro atoms. The second kappa shape index (κ2) is 3.06. The minimum Gasteiger partial charge on any atom is -0.508 e. The van der Waals surface area contributed by atoms with Gasteiger partial charge in [0, 0.05) is 11.5 Å². The van der Waals surface area contributed by atoms with E-state index in [0.29, 0.717) is 6.54 Å². The smallest absolute Gasteiger partial charge is 0.117 e. The van der Waals surface area contributed by atoms with Crippen LogP contribution in [0.1, 0.15) is 0 Å². The molecule has 0 aliphatic rings. The Kier molecular flexibility index (Phi) is 1.90. The number of fused-ring (bicyclic) bond motifs is 1. The Morgan fingerprint density at radius 3 is 3.00 bits per heavy atom. The number of aromatic nitrogens is 2. The maximum Gasteiger partial charge on any atom is 0.117 e. The average molecular weight is 178 g/mol. The highest BCUT2D eigenvalue weighted by atomic mass is 16.3. The number of aliphatic hydroxyl groups excluding tert-OH is 1.